The van der Waals surface area contributed by atoms with Gasteiger partial charge in [0.15, 0.2) is 0 Å². The van der Waals surface area contributed by atoms with Crippen molar-refractivity contribution in [3.63, 3.8) is 0 Å². The summed E-state index contributed by atoms with van der Waals surface area (Å²) in [7, 11) is 0. The zero-order valence-electron chi connectivity index (χ0n) is 9.68. The lowest BCUT2D eigenvalue weighted by Crippen LogP contribution is -2.38. The molecule has 1 rings (SSSR count). The summed E-state index contributed by atoms with van der Waals surface area (Å²) in [6.07, 6.45) is 0. The van der Waals surface area contributed by atoms with Gasteiger partial charge in [0.05, 0.1) is 6.54 Å². The molecule has 84 valence electrons. The molecule has 0 bridgehead atoms. The van der Waals surface area contributed by atoms with Crippen LogP contribution in [0.25, 0.3) is 0 Å². The van der Waals surface area contributed by atoms with Gasteiger partial charge in [-0.3, -0.25) is 0 Å². The molecule has 2 amide bonds. The molecule has 15 heavy (non-hydrogen) atoms. The molecule has 0 aliphatic heterocycles. The molecule has 1 heterocycles. The van der Waals surface area contributed by atoms with Gasteiger partial charge in [-0.15, -0.1) is 11.3 Å². The second-order valence-electron chi connectivity index (χ2n) is 3.93. The van der Waals surface area contributed by atoms with Crippen molar-refractivity contribution in [3.05, 3.63) is 21.4 Å². The fourth-order valence-electron chi connectivity index (χ4n) is 1.22. The summed E-state index contributed by atoms with van der Waals surface area (Å²) in [5.74, 6) is 0. The van der Waals surface area contributed by atoms with Gasteiger partial charge in [0.1, 0.15) is 0 Å². The molecule has 0 fully saturated rings. The number of nitrogens with one attached hydrogen (secondary N) is 2. The molecule has 0 spiro atoms. The van der Waals surface area contributed by atoms with Crippen LogP contribution >= 0.6 is 11.3 Å². The molecule has 0 aliphatic carbocycles. The molecule has 1 aromatic heterocycles. The largest absolute Gasteiger partial charge is 0.336 e. The lowest BCUT2D eigenvalue weighted by molar-refractivity contribution is 0.238. The number of carbonyl (C=O) groups excluding carboxylic acids is 1. The minimum atomic E-state index is -0.103. The van der Waals surface area contributed by atoms with Crippen molar-refractivity contribution in [1.29, 1.82) is 0 Å². The Kier molecular flexibility index (Phi) is 4.15. The second-order valence-corrected chi connectivity index (χ2v) is 5.27. The van der Waals surface area contributed by atoms with E-state index >= 15 is 0 Å². The van der Waals surface area contributed by atoms with Crippen LogP contribution in [-0.4, -0.2) is 12.1 Å². The summed E-state index contributed by atoms with van der Waals surface area (Å²) < 4.78 is 0. The number of urea groups is 1. The van der Waals surface area contributed by atoms with E-state index in [9.17, 15) is 4.79 Å². The van der Waals surface area contributed by atoms with E-state index in [1.807, 2.05) is 13.8 Å². The zero-order valence-corrected chi connectivity index (χ0v) is 10.5. The van der Waals surface area contributed by atoms with Crippen LogP contribution in [-0.2, 0) is 6.54 Å². The van der Waals surface area contributed by atoms with Crippen molar-refractivity contribution < 1.29 is 4.79 Å². The minimum Gasteiger partial charge on any atom is -0.336 e. The van der Waals surface area contributed by atoms with Crippen molar-refractivity contribution in [2.75, 3.05) is 0 Å². The maximum atomic E-state index is 11.3. The lowest BCUT2D eigenvalue weighted by Gasteiger charge is -2.08. The predicted octanol–water partition coefficient (Wildman–Crippen LogP) is 2.57. The topological polar surface area (TPSA) is 41.1 Å². The zero-order chi connectivity index (χ0) is 11.4. The highest BCUT2D eigenvalue weighted by atomic mass is 32.1. The molecule has 0 saturated heterocycles. The minimum absolute atomic E-state index is 0.103. The van der Waals surface area contributed by atoms with Crippen molar-refractivity contribution in [1.82, 2.24) is 10.6 Å². The van der Waals surface area contributed by atoms with E-state index in [2.05, 4.69) is 30.5 Å². The van der Waals surface area contributed by atoms with Crippen LogP contribution in [0.1, 0.15) is 29.2 Å². The van der Waals surface area contributed by atoms with Gasteiger partial charge < -0.3 is 10.6 Å². The third-order valence-electron chi connectivity index (χ3n) is 2.06. The number of carbonyl (C=O) groups is 1. The summed E-state index contributed by atoms with van der Waals surface area (Å²) in [6, 6.07) is 2.20. The molecule has 2 N–H and O–H groups in total. The third kappa shape index (κ3) is 3.91. The van der Waals surface area contributed by atoms with Crippen LogP contribution in [0.5, 0.6) is 0 Å². The number of hydrogen-bond acceptors (Lipinski definition) is 2. The Hall–Kier alpha value is -1.03. The monoisotopic (exact) mass is 226 g/mol. The first-order valence-electron chi connectivity index (χ1n) is 5.09. The molecule has 1 aromatic rings. The van der Waals surface area contributed by atoms with E-state index < -0.39 is 0 Å². The highest BCUT2D eigenvalue weighted by Crippen LogP contribution is 2.20. The van der Waals surface area contributed by atoms with E-state index in [1.54, 1.807) is 11.3 Å². The average Bonchev–Trinajstić information content (AvgIpc) is 2.42. The average molecular weight is 226 g/mol. The number of rotatable bonds is 3. The first-order chi connectivity index (χ1) is 6.99. The van der Waals surface area contributed by atoms with E-state index in [4.69, 9.17) is 0 Å². The van der Waals surface area contributed by atoms with Gasteiger partial charge >= 0.3 is 6.03 Å². The summed E-state index contributed by atoms with van der Waals surface area (Å²) in [6.45, 7) is 8.68. The fraction of sp³-hybridized carbons (Fsp3) is 0.545. The van der Waals surface area contributed by atoms with E-state index in [0.29, 0.717) is 6.54 Å². The number of thiophene rings is 1. The Balaban J connectivity index is 2.40. The molecule has 0 radical (unpaired) electrons. The van der Waals surface area contributed by atoms with Gasteiger partial charge in [-0.2, -0.15) is 0 Å². The Morgan fingerprint density at radius 1 is 1.47 bits per heavy atom. The smallest absolute Gasteiger partial charge is 0.315 e. The summed E-state index contributed by atoms with van der Waals surface area (Å²) in [5.41, 5.74) is 1.29. The maximum Gasteiger partial charge on any atom is 0.315 e. The highest BCUT2D eigenvalue weighted by molar-refractivity contribution is 7.12. The standard InChI is InChI=1S/C11H18N2OS/c1-7(2)13-11(14)12-6-10-5-8(3)9(4)15-10/h5,7H,6H2,1-4H3,(H2,12,13,14). The van der Waals surface area contributed by atoms with Crippen molar-refractivity contribution in [2.45, 2.75) is 40.3 Å². The Labute approximate surface area is 94.9 Å². The van der Waals surface area contributed by atoms with Gasteiger partial charge in [-0.05, 0) is 39.3 Å². The number of aryl methyl sites for hydroxylation is 2. The molecule has 0 atom stereocenters. The van der Waals surface area contributed by atoms with Crippen LogP contribution in [0.4, 0.5) is 4.79 Å². The summed E-state index contributed by atoms with van der Waals surface area (Å²) in [4.78, 5) is 13.8. The molecule has 0 aliphatic rings. The maximum absolute atomic E-state index is 11.3. The molecule has 4 heteroatoms. The van der Waals surface area contributed by atoms with Crippen LogP contribution in [0.2, 0.25) is 0 Å². The number of amides is 2. The van der Waals surface area contributed by atoms with Gasteiger partial charge in [0.2, 0.25) is 0 Å². The number of hydrogen-bond donors (Lipinski definition) is 2. The van der Waals surface area contributed by atoms with Crippen LogP contribution in [0.15, 0.2) is 6.07 Å². The summed E-state index contributed by atoms with van der Waals surface area (Å²) in [5, 5.41) is 5.62. The van der Waals surface area contributed by atoms with Gasteiger partial charge in [-0.1, -0.05) is 0 Å². The van der Waals surface area contributed by atoms with Crippen LogP contribution < -0.4 is 10.6 Å². The first-order valence-corrected chi connectivity index (χ1v) is 5.91. The molecular weight excluding hydrogens is 208 g/mol. The van der Waals surface area contributed by atoms with Crippen molar-refractivity contribution >= 4 is 17.4 Å². The first kappa shape index (κ1) is 12.0. The lowest BCUT2D eigenvalue weighted by atomic mass is 10.3. The van der Waals surface area contributed by atoms with Crippen LogP contribution in [0.3, 0.4) is 0 Å². The Morgan fingerprint density at radius 3 is 2.60 bits per heavy atom. The highest BCUT2D eigenvalue weighted by Gasteiger charge is 2.04. The van der Waals surface area contributed by atoms with E-state index in [0.717, 1.165) is 0 Å². The Bertz CT molecular complexity index is 325. The molecule has 0 unspecified atom stereocenters. The molecular formula is C11H18N2OS. The van der Waals surface area contributed by atoms with Crippen LogP contribution in [0, 0.1) is 13.8 Å². The molecule has 0 aromatic carbocycles. The summed E-state index contributed by atoms with van der Waals surface area (Å²) >= 11 is 1.73. The van der Waals surface area contributed by atoms with Gasteiger partial charge in [0, 0.05) is 15.8 Å². The predicted molar refractivity (Wildman–Crippen MR) is 64.3 cm³/mol. The quantitative estimate of drug-likeness (QED) is 0.817. The van der Waals surface area contributed by atoms with Gasteiger partial charge in [-0.25, -0.2) is 4.79 Å². The third-order valence-corrected chi connectivity index (χ3v) is 3.21. The molecule has 3 nitrogen and oxygen atoms in total. The normalized spacial score (nSPS) is 10.5. The van der Waals surface area contributed by atoms with E-state index in [-0.39, 0.29) is 12.1 Å². The Morgan fingerprint density at radius 2 is 2.13 bits per heavy atom. The van der Waals surface area contributed by atoms with E-state index in [1.165, 1.54) is 15.3 Å². The van der Waals surface area contributed by atoms with Gasteiger partial charge in [0.25, 0.3) is 0 Å². The van der Waals surface area contributed by atoms with Crippen molar-refractivity contribution in [2.24, 2.45) is 0 Å². The second kappa shape index (κ2) is 5.16. The van der Waals surface area contributed by atoms with Crippen molar-refractivity contribution in [3.8, 4) is 0 Å². The SMILES string of the molecule is Cc1cc(CNC(=O)NC(C)C)sc1C. The molecule has 0 saturated carbocycles. The fourth-order valence-corrected chi connectivity index (χ4v) is 2.21.